The monoisotopic (exact) mass is 380 g/mol. The molecule has 0 atom stereocenters. The molecule has 0 unspecified atom stereocenters. The van der Waals surface area contributed by atoms with E-state index >= 15 is 0 Å². The van der Waals surface area contributed by atoms with Crippen LogP contribution in [-0.2, 0) is 10.0 Å². The number of nitrogens with zero attached hydrogens (tertiary/aromatic N) is 2. The summed E-state index contributed by atoms with van der Waals surface area (Å²) >= 11 is 8.68. The Morgan fingerprint density at radius 1 is 1.47 bits per heavy atom. The first kappa shape index (κ1) is 16.7. The molecule has 0 fully saturated rings. The molecule has 0 radical (unpaired) electrons. The van der Waals surface area contributed by atoms with E-state index in [1.54, 1.807) is 0 Å². The van der Waals surface area contributed by atoms with Crippen molar-refractivity contribution in [2.24, 2.45) is 0 Å². The molecule has 0 aromatic carbocycles. The van der Waals surface area contributed by atoms with Crippen LogP contribution >= 0.6 is 27.5 Å². The Morgan fingerprint density at radius 2 is 2.05 bits per heavy atom. The van der Waals surface area contributed by atoms with E-state index < -0.39 is 29.2 Å². The second kappa shape index (κ2) is 5.94. The molecule has 4 nitrogen and oxygen atoms in total. The van der Waals surface area contributed by atoms with Crippen molar-refractivity contribution >= 4 is 37.6 Å². The fraction of sp³-hybridized carbons (Fsp3) is 0.444. The first-order valence-corrected chi connectivity index (χ1v) is 7.49. The topological polar surface area (TPSA) is 50.3 Å². The smallest absolute Gasteiger partial charge is 0.242 e. The third-order valence-electron chi connectivity index (χ3n) is 2.17. The highest BCUT2D eigenvalue weighted by Gasteiger charge is 2.31. The van der Waals surface area contributed by atoms with E-state index in [0.717, 1.165) is 7.05 Å². The lowest BCUT2D eigenvalue weighted by molar-refractivity contribution is -0.135. The molecule has 0 aliphatic carbocycles. The molecule has 1 aromatic rings. The van der Waals surface area contributed by atoms with Gasteiger partial charge >= 0.3 is 6.18 Å². The molecule has 1 aromatic heterocycles. The van der Waals surface area contributed by atoms with Crippen LogP contribution in [0, 0.1) is 0 Å². The van der Waals surface area contributed by atoms with E-state index in [1.165, 1.54) is 12.3 Å². The Bertz CT molecular complexity index is 565. The minimum atomic E-state index is -4.43. The number of pyridine rings is 1. The highest BCUT2D eigenvalue weighted by Crippen LogP contribution is 2.26. The van der Waals surface area contributed by atoms with Crippen LogP contribution in [-0.4, -0.2) is 37.5 Å². The molecule has 0 spiro atoms. The largest absolute Gasteiger partial charge is 0.390 e. The number of hydrogen-bond acceptors (Lipinski definition) is 3. The summed E-state index contributed by atoms with van der Waals surface area (Å²) in [4.78, 5) is 3.29. The van der Waals surface area contributed by atoms with Gasteiger partial charge in [0.2, 0.25) is 10.0 Å². The number of rotatable bonds is 4. The first-order valence-electron chi connectivity index (χ1n) is 4.88. The van der Waals surface area contributed by atoms with E-state index in [9.17, 15) is 21.6 Å². The van der Waals surface area contributed by atoms with Gasteiger partial charge in [-0.15, -0.1) is 0 Å². The lowest BCUT2D eigenvalue weighted by Gasteiger charge is -2.18. The zero-order valence-corrected chi connectivity index (χ0v) is 12.7. The molecule has 0 amide bonds. The average molecular weight is 382 g/mol. The van der Waals surface area contributed by atoms with Gasteiger partial charge in [-0.2, -0.15) is 13.2 Å². The van der Waals surface area contributed by atoms with Crippen LogP contribution in [0.4, 0.5) is 13.2 Å². The molecule has 0 aliphatic heterocycles. The standard InChI is InChI=1S/C9H9BrClF3N2O2S/c1-16(3-2-9(12,13)14)19(17,18)7-4-6(10)5-15-8(7)11/h4-5H,2-3H2,1H3. The van der Waals surface area contributed by atoms with Gasteiger partial charge in [-0.3, -0.25) is 0 Å². The Kier molecular flexibility index (Phi) is 5.21. The van der Waals surface area contributed by atoms with Gasteiger partial charge in [0.25, 0.3) is 0 Å². The molecular formula is C9H9BrClF3N2O2S. The molecule has 0 N–H and O–H groups in total. The van der Waals surface area contributed by atoms with Gasteiger partial charge in [-0.1, -0.05) is 11.6 Å². The van der Waals surface area contributed by atoms with Crippen molar-refractivity contribution in [3.63, 3.8) is 0 Å². The van der Waals surface area contributed by atoms with Crippen molar-refractivity contribution in [1.29, 1.82) is 0 Å². The van der Waals surface area contributed by atoms with Crippen LogP contribution in [0.2, 0.25) is 5.15 Å². The molecule has 19 heavy (non-hydrogen) atoms. The second-order valence-electron chi connectivity index (χ2n) is 3.63. The third-order valence-corrected chi connectivity index (χ3v) is 4.89. The van der Waals surface area contributed by atoms with Crippen LogP contribution in [0.5, 0.6) is 0 Å². The van der Waals surface area contributed by atoms with E-state index in [2.05, 4.69) is 20.9 Å². The van der Waals surface area contributed by atoms with Crippen LogP contribution in [0.1, 0.15) is 6.42 Å². The molecular weight excluding hydrogens is 373 g/mol. The third kappa shape index (κ3) is 4.59. The lowest BCUT2D eigenvalue weighted by Crippen LogP contribution is -2.31. The second-order valence-corrected chi connectivity index (χ2v) is 6.92. The molecule has 0 aliphatic rings. The maximum absolute atomic E-state index is 12.1. The number of sulfonamides is 1. The minimum Gasteiger partial charge on any atom is -0.242 e. The van der Waals surface area contributed by atoms with Gasteiger partial charge in [0, 0.05) is 24.3 Å². The van der Waals surface area contributed by atoms with Crippen molar-refractivity contribution in [1.82, 2.24) is 9.29 Å². The normalized spacial score (nSPS) is 13.0. The summed E-state index contributed by atoms with van der Waals surface area (Å²) in [6, 6.07) is 1.19. The van der Waals surface area contributed by atoms with Crippen molar-refractivity contribution in [3.8, 4) is 0 Å². The van der Waals surface area contributed by atoms with Crippen LogP contribution in [0.3, 0.4) is 0 Å². The highest BCUT2D eigenvalue weighted by atomic mass is 79.9. The summed E-state index contributed by atoms with van der Waals surface area (Å²) in [6.07, 6.45) is -4.37. The van der Waals surface area contributed by atoms with Crippen molar-refractivity contribution in [2.75, 3.05) is 13.6 Å². The van der Waals surface area contributed by atoms with Crippen LogP contribution < -0.4 is 0 Å². The molecule has 1 rings (SSSR count). The van der Waals surface area contributed by atoms with Gasteiger partial charge < -0.3 is 0 Å². The van der Waals surface area contributed by atoms with Gasteiger partial charge in [-0.25, -0.2) is 17.7 Å². The summed E-state index contributed by atoms with van der Waals surface area (Å²) < 4.78 is 61.3. The van der Waals surface area contributed by atoms with Crippen LogP contribution in [0.25, 0.3) is 0 Å². The molecule has 108 valence electrons. The summed E-state index contributed by atoms with van der Waals surface area (Å²) in [5.41, 5.74) is 0. The Hall–Kier alpha value is -0.380. The molecule has 0 bridgehead atoms. The number of alkyl halides is 3. The zero-order chi connectivity index (χ0) is 14.8. The van der Waals surface area contributed by atoms with E-state index in [-0.39, 0.29) is 10.0 Å². The highest BCUT2D eigenvalue weighted by molar-refractivity contribution is 9.10. The van der Waals surface area contributed by atoms with Crippen molar-refractivity contribution in [3.05, 3.63) is 21.9 Å². The predicted molar refractivity (Wildman–Crippen MR) is 67.4 cm³/mol. The number of halogens is 5. The maximum atomic E-state index is 12.1. The Labute approximate surface area is 121 Å². The first-order chi connectivity index (χ1) is 8.54. The van der Waals surface area contributed by atoms with Gasteiger partial charge in [0.1, 0.15) is 10.0 Å². The number of aromatic nitrogens is 1. The quantitative estimate of drug-likeness (QED) is 0.753. The minimum absolute atomic E-state index is 0.290. The van der Waals surface area contributed by atoms with E-state index in [1.807, 2.05) is 0 Å². The summed E-state index contributed by atoms with van der Waals surface area (Å²) in [6.45, 7) is -0.686. The van der Waals surface area contributed by atoms with Gasteiger partial charge in [-0.05, 0) is 22.0 Å². The molecule has 0 saturated carbocycles. The zero-order valence-electron chi connectivity index (χ0n) is 9.58. The number of hydrogen-bond donors (Lipinski definition) is 0. The lowest BCUT2D eigenvalue weighted by atomic mass is 10.4. The molecule has 1 heterocycles. The fourth-order valence-electron chi connectivity index (χ4n) is 1.16. The molecule has 0 saturated heterocycles. The van der Waals surface area contributed by atoms with Gasteiger partial charge in [0.05, 0.1) is 6.42 Å². The SMILES string of the molecule is CN(CCC(F)(F)F)S(=O)(=O)c1cc(Br)cnc1Cl. The summed E-state index contributed by atoms with van der Waals surface area (Å²) in [5, 5.41) is -0.290. The Balaban J connectivity index is 3.00. The van der Waals surface area contributed by atoms with Crippen molar-refractivity contribution < 1.29 is 21.6 Å². The van der Waals surface area contributed by atoms with E-state index in [0.29, 0.717) is 8.78 Å². The van der Waals surface area contributed by atoms with Gasteiger partial charge in [0.15, 0.2) is 0 Å². The van der Waals surface area contributed by atoms with Crippen LogP contribution in [0.15, 0.2) is 21.6 Å². The van der Waals surface area contributed by atoms with E-state index in [4.69, 9.17) is 11.6 Å². The summed E-state index contributed by atoms with van der Waals surface area (Å²) in [5.74, 6) is 0. The molecule has 10 heteroatoms. The predicted octanol–water partition coefficient (Wildman–Crippen LogP) is 3.07. The average Bonchev–Trinajstić information content (AvgIpc) is 2.28. The Morgan fingerprint density at radius 3 is 2.58 bits per heavy atom. The maximum Gasteiger partial charge on any atom is 0.390 e. The summed E-state index contributed by atoms with van der Waals surface area (Å²) in [7, 11) is -3.05. The van der Waals surface area contributed by atoms with Crippen molar-refractivity contribution in [2.45, 2.75) is 17.5 Å². The fourth-order valence-corrected chi connectivity index (χ4v) is 3.24.